The van der Waals surface area contributed by atoms with E-state index in [0.29, 0.717) is 17.3 Å². The van der Waals surface area contributed by atoms with Gasteiger partial charge in [0.25, 0.3) is 0 Å². The van der Waals surface area contributed by atoms with Gasteiger partial charge in [-0.05, 0) is 29.3 Å². The van der Waals surface area contributed by atoms with Crippen LogP contribution in [0.15, 0.2) is 48.5 Å². The summed E-state index contributed by atoms with van der Waals surface area (Å²) < 4.78 is 0. The van der Waals surface area contributed by atoms with Gasteiger partial charge in [0.1, 0.15) is 6.42 Å². The van der Waals surface area contributed by atoms with Crippen LogP contribution in [-0.4, -0.2) is 11.8 Å². The highest BCUT2D eigenvalue weighted by atomic mass is 35.5. The zero-order chi connectivity index (χ0) is 17.4. The van der Waals surface area contributed by atoms with Crippen molar-refractivity contribution < 1.29 is 9.59 Å². The molecule has 2 N–H and O–H groups in total. The van der Waals surface area contributed by atoms with Crippen LogP contribution in [0.2, 0.25) is 5.02 Å². The molecule has 0 radical (unpaired) electrons. The second kappa shape index (κ2) is 8.70. The summed E-state index contributed by atoms with van der Waals surface area (Å²) in [6.45, 7) is 0.339. The molecule has 0 saturated carbocycles. The molecule has 2 rings (SSSR count). The van der Waals surface area contributed by atoms with E-state index in [4.69, 9.17) is 16.9 Å². The molecule has 6 heteroatoms. The number of carbonyl (C=O) groups is 2. The van der Waals surface area contributed by atoms with E-state index >= 15 is 0 Å². The van der Waals surface area contributed by atoms with Gasteiger partial charge in [-0.3, -0.25) is 9.59 Å². The number of nitriles is 1. The number of benzene rings is 2. The van der Waals surface area contributed by atoms with Crippen molar-refractivity contribution in [1.82, 2.24) is 5.32 Å². The molecular formula is C18H16ClN3O2. The highest BCUT2D eigenvalue weighted by Gasteiger charge is 2.07. The summed E-state index contributed by atoms with van der Waals surface area (Å²) >= 11 is 6.04. The molecule has 0 unspecified atom stereocenters. The van der Waals surface area contributed by atoms with Crippen molar-refractivity contribution in [2.75, 3.05) is 5.32 Å². The number of hydrogen-bond donors (Lipinski definition) is 2. The van der Waals surface area contributed by atoms with Gasteiger partial charge in [0.2, 0.25) is 11.8 Å². The first kappa shape index (κ1) is 17.5. The quantitative estimate of drug-likeness (QED) is 0.847. The van der Waals surface area contributed by atoms with E-state index in [1.807, 2.05) is 24.3 Å². The number of carbonyl (C=O) groups excluding carboxylic acids is 2. The van der Waals surface area contributed by atoms with Crippen LogP contribution >= 0.6 is 11.6 Å². The van der Waals surface area contributed by atoms with Crippen molar-refractivity contribution in [2.24, 2.45) is 0 Å². The van der Waals surface area contributed by atoms with Crippen LogP contribution in [0.25, 0.3) is 0 Å². The van der Waals surface area contributed by atoms with E-state index in [9.17, 15) is 9.59 Å². The molecule has 0 aliphatic carbocycles. The molecule has 0 aliphatic rings. The first-order valence-electron chi connectivity index (χ1n) is 7.34. The van der Waals surface area contributed by atoms with Crippen molar-refractivity contribution in [3.8, 4) is 6.07 Å². The number of nitrogens with one attached hydrogen (secondary N) is 2. The summed E-state index contributed by atoms with van der Waals surface area (Å²) in [4.78, 5) is 23.4. The lowest BCUT2D eigenvalue weighted by molar-refractivity contribution is -0.120. The maximum absolute atomic E-state index is 12.0. The van der Waals surface area contributed by atoms with Gasteiger partial charge in [0.05, 0.1) is 12.5 Å². The summed E-state index contributed by atoms with van der Waals surface area (Å²) in [6, 6.07) is 16.1. The summed E-state index contributed by atoms with van der Waals surface area (Å²) in [6.07, 6.45) is 0.0110. The maximum Gasteiger partial charge on any atom is 0.238 e. The molecule has 0 heterocycles. The Bertz CT molecular complexity index is 784. The standard InChI is InChI=1S/C18H16ClN3O2/c19-16-7-2-1-5-14(16)11-18(24)21-12-13-4-3-6-15(10-13)22-17(23)8-9-20/h1-7,10H,8,11-12H2,(H,21,24)(H,22,23). The number of rotatable bonds is 6. The number of anilines is 1. The maximum atomic E-state index is 12.0. The number of amides is 2. The largest absolute Gasteiger partial charge is 0.352 e. The van der Waals surface area contributed by atoms with Crippen LogP contribution in [0.5, 0.6) is 0 Å². The van der Waals surface area contributed by atoms with Crippen LogP contribution in [0.4, 0.5) is 5.69 Å². The molecule has 0 saturated heterocycles. The molecule has 2 amide bonds. The predicted octanol–water partition coefficient (Wildman–Crippen LogP) is 3.05. The molecule has 24 heavy (non-hydrogen) atoms. The highest BCUT2D eigenvalue weighted by Crippen LogP contribution is 2.15. The van der Waals surface area contributed by atoms with Crippen molar-refractivity contribution in [3.63, 3.8) is 0 Å². The zero-order valence-corrected chi connectivity index (χ0v) is 13.6. The Balaban J connectivity index is 1.90. The minimum atomic E-state index is -0.364. The van der Waals surface area contributed by atoms with E-state index < -0.39 is 0 Å². The van der Waals surface area contributed by atoms with E-state index in [-0.39, 0.29) is 24.7 Å². The molecule has 0 spiro atoms. The van der Waals surface area contributed by atoms with E-state index in [1.165, 1.54) is 0 Å². The third-order valence-electron chi connectivity index (χ3n) is 3.25. The van der Waals surface area contributed by atoms with E-state index in [2.05, 4.69) is 10.6 Å². The Kier molecular flexibility index (Phi) is 6.35. The van der Waals surface area contributed by atoms with Crippen molar-refractivity contribution in [2.45, 2.75) is 19.4 Å². The lowest BCUT2D eigenvalue weighted by Crippen LogP contribution is -2.24. The number of hydrogen-bond acceptors (Lipinski definition) is 3. The second-order valence-electron chi connectivity index (χ2n) is 5.13. The fraction of sp³-hybridized carbons (Fsp3) is 0.167. The van der Waals surface area contributed by atoms with Crippen LogP contribution in [0, 0.1) is 11.3 Å². The van der Waals surface area contributed by atoms with Gasteiger partial charge in [-0.25, -0.2) is 0 Å². The van der Waals surface area contributed by atoms with Gasteiger partial charge in [-0.1, -0.05) is 41.9 Å². The Morgan fingerprint density at radius 1 is 1.08 bits per heavy atom. The molecule has 0 fully saturated rings. The predicted molar refractivity (Wildman–Crippen MR) is 92.3 cm³/mol. The zero-order valence-electron chi connectivity index (χ0n) is 12.9. The first-order chi connectivity index (χ1) is 11.6. The monoisotopic (exact) mass is 341 g/mol. The number of nitrogens with zero attached hydrogens (tertiary/aromatic N) is 1. The first-order valence-corrected chi connectivity index (χ1v) is 7.72. The van der Waals surface area contributed by atoms with E-state index in [0.717, 1.165) is 11.1 Å². The molecule has 0 aliphatic heterocycles. The topological polar surface area (TPSA) is 82.0 Å². The molecule has 2 aromatic rings. The van der Waals surface area contributed by atoms with Crippen LogP contribution in [0.3, 0.4) is 0 Å². The molecule has 122 valence electrons. The molecule has 0 bridgehead atoms. The van der Waals surface area contributed by atoms with Gasteiger partial charge in [0.15, 0.2) is 0 Å². The molecule has 5 nitrogen and oxygen atoms in total. The lowest BCUT2D eigenvalue weighted by atomic mass is 10.1. The van der Waals surface area contributed by atoms with Crippen LogP contribution in [0.1, 0.15) is 17.5 Å². The summed E-state index contributed by atoms with van der Waals surface area (Å²) in [7, 11) is 0. The SMILES string of the molecule is N#CCC(=O)Nc1cccc(CNC(=O)Cc2ccccc2Cl)c1. The summed E-state index contributed by atoms with van der Waals surface area (Å²) in [5.41, 5.74) is 2.21. The number of halogens is 1. The summed E-state index contributed by atoms with van der Waals surface area (Å²) in [5, 5.41) is 14.5. The Labute approximate surface area is 145 Å². The molecule has 2 aromatic carbocycles. The van der Waals surface area contributed by atoms with E-state index in [1.54, 1.807) is 30.3 Å². The Hall–Kier alpha value is -2.84. The van der Waals surface area contributed by atoms with Crippen molar-refractivity contribution in [3.05, 3.63) is 64.7 Å². The third-order valence-corrected chi connectivity index (χ3v) is 3.62. The van der Waals surface area contributed by atoms with Gasteiger partial charge in [-0.15, -0.1) is 0 Å². The van der Waals surface area contributed by atoms with Crippen molar-refractivity contribution >= 4 is 29.1 Å². The Morgan fingerprint density at radius 2 is 1.88 bits per heavy atom. The van der Waals surface area contributed by atoms with Gasteiger partial charge in [0, 0.05) is 17.3 Å². The fourth-order valence-corrected chi connectivity index (χ4v) is 2.32. The minimum Gasteiger partial charge on any atom is -0.352 e. The van der Waals surface area contributed by atoms with Crippen molar-refractivity contribution in [1.29, 1.82) is 5.26 Å². The van der Waals surface area contributed by atoms with Crippen LogP contribution in [-0.2, 0) is 22.6 Å². The molecule has 0 atom stereocenters. The molecular weight excluding hydrogens is 326 g/mol. The third kappa shape index (κ3) is 5.41. The minimum absolute atomic E-state index is 0.137. The lowest BCUT2D eigenvalue weighted by Gasteiger charge is -2.09. The average Bonchev–Trinajstić information content (AvgIpc) is 2.56. The molecule has 0 aromatic heterocycles. The Morgan fingerprint density at radius 3 is 2.62 bits per heavy atom. The smallest absolute Gasteiger partial charge is 0.238 e. The normalized spacial score (nSPS) is 9.83. The average molecular weight is 342 g/mol. The fourth-order valence-electron chi connectivity index (χ4n) is 2.11. The van der Waals surface area contributed by atoms with Gasteiger partial charge in [-0.2, -0.15) is 5.26 Å². The summed E-state index contributed by atoms with van der Waals surface area (Å²) in [5.74, 6) is -0.501. The van der Waals surface area contributed by atoms with Crippen LogP contribution < -0.4 is 10.6 Å². The van der Waals surface area contributed by atoms with Gasteiger partial charge >= 0.3 is 0 Å². The van der Waals surface area contributed by atoms with Gasteiger partial charge < -0.3 is 10.6 Å². The second-order valence-corrected chi connectivity index (χ2v) is 5.54. The highest BCUT2D eigenvalue weighted by molar-refractivity contribution is 6.31.